The fourth-order valence-electron chi connectivity index (χ4n) is 0.876. The van der Waals surface area contributed by atoms with Crippen molar-refractivity contribution in [3.63, 3.8) is 0 Å². The Hall–Kier alpha value is 0.480. The van der Waals surface area contributed by atoms with Gasteiger partial charge in [-0.2, -0.15) is 0 Å². The van der Waals surface area contributed by atoms with Crippen molar-refractivity contribution in [1.82, 2.24) is 0 Å². The largest absolute Gasteiger partial charge is 0.0891 e. The summed E-state index contributed by atoms with van der Waals surface area (Å²) in [6.45, 7) is 0. The Morgan fingerprint density at radius 3 is 1.71 bits per heavy atom. The summed E-state index contributed by atoms with van der Waals surface area (Å²) in [5.74, 6) is 0. The second-order valence-corrected chi connectivity index (χ2v) is 3.18. The van der Waals surface area contributed by atoms with Crippen LogP contribution in [0.15, 0.2) is 0 Å². The van der Waals surface area contributed by atoms with Crippen molar-refractivity contribution in [2.24, 2.45) is 0 Å². The summed E-state index contributed by atoms with van der Waals surface area (Å²) in [6.07, 6.45) is 5.69. The van der Waals surface area contributed by atoms with Gasteiger partial charge in [-0.05, 0) is 12.8 Å². The number of rotatable bonds is 0. The Balaban J connectivity index is 0.000000360. The second-order valence-electron chi connectivity index (χ2n) is 1.88. The lowest BCUT2D eigenvalue weighted by molar-refractivity contribution is 0.886. The minimum atomic E-state index is 0. The first-order valence-corrected chi connectivity index (χ1v) is 3.45. The summed E-state index contributed by atoms with van der Waals surface area (Å²) in [4.78, 5) is 0.859. The molecule has 0 atom stereocenters. The molecule has 1 aliphatic rings. The van der Waals surface area contributed by atoms with Crippen molar-refractivity contribution < 1.29 is 0 Å². The number of hydrogen-bond donors (Lipinski definition) is 0. The maximum atomic E-state index is 3.54. The Labute approximate surface area is 54.4 Å². The van der Waals surface area contributed by atoms with Gasteiger partial charge in [0.25, 0.3) is 0 Å². The van der Waals surface area contributed by atoms with E-state index in [4.69, 9.17) is 0 Å². The van der Waals surface area contributed by atoms with E-state index in [1.165, 1.54) is 25.7 Å². The highest BCUT2D eigenvalue weighted by Gasteiger charge is 2.09. The molecule has 0 saturated heterocycles. The van der Waals surface area contributed by atoms with Gasteiger partial charge < -0.3 is 0 Å². The van der Waals surface area contributed by atoms with Crippen LogP contribution in [0.4, 0.5) is 0 Å². The predicted molar refractivity (Wildman–Crippen MR) is 37.9 cm³/mol. The zero-order valence-corrected chi connectivity index (χ0v) is 5.37. The van der Waals surface area contributed by atoms with Crippen LogP contribution in [0, 0.1) is 0 Å². The zero-order valence-electron chi connectivity index (χ0n) is 3.78. The molecule has 1 rings (SSSR count). The molecular weight excluding hydrogens is 152 g/mol. The third kappa shape index (κ3) is 2.32. The quantitative estimate of drug-likeness (QED) is 0.484. The molecule has 0 aromatic carbocycles. The van der Waals surface area contributed by atoms with Crippen molar-refractivity contribution in [2.75, 3.05) is 0 Å². The van der Waals surface area contributed by atoms with Crippen LogP contribution in [0.1, 0.15) is 33.1 Å². The molecule has 0 nitrogen and oxygen atoms in total. The highest BCUT2D eigenvalue weighted by molar-refractivity contribution is 9.09. The molecule has 0 unspecified atom stereocenters. The number of hydrogen-bond acceptors (Lipinski definition) is 0. The van der Waals surface area contributed by atoms with Gasteiger partial charge in [-0.25, -0.2) is 0 Å². The molecular formula is C6H13Br. The maximum absolute atomic E-state index is 3.54. The molecule has 0 heterocycles. The lowest BCUT2D eigenvalue weighted by atomic mass is 10.4. The van der Waals surface area contributed by atoms with Gasteiger partial charge in [0.2, 0.25) is 0 Å². The molecule has 0 spiro atoms. The van der Waals surface area contributed by atoms with Gasteiger partial charge in [-0.1, -0.05) is 36.2 Å². The second kappa shape index (κ2) is 3.48. The summed E-state index contributed by atoms with van der Waals surface area (Å²) in [7, 11) is 0. The van der Waals surface area contributed by atoms with Gasteiger partial charge in [0.15, 0.2) is 0 Å². The van der Waals surface area contributed by atoms with Gasteiger partial charge in [0.05, 0.1) is 0 Å². The zero-order chi connectivity index (χ0) is 4.41. The first-order chi connectivity index (χ1) is 2.89. The van der Waals surface area contributed by atoms with Crippen molar-refractivity contribution in [2.45, 2.75) is 37.9 Å². The summed E-state index contributed by atoms with van der Waals surface area (Å²) < 4.78 is 0. The van der Waals surface area contributed by atoms with Crippen molar-refractivity contribution in [3.05, 3.63) is 0 Å². The monoisotopic (exact) mass is 164 g/mol. The highest BCUT2D eigenvalue weighted by Crippen LogP contribution is 2.23. The van der Waals surface area contributed by atoms with Crippen LogP contribution >= 0.6 is 15.9 Å². The van der Waals surface area contributed by atoms with Crippen LogP contribution in [0.5, 0.6) is 0 Å². The average molecular weight is 165 g/mol. The van der Waals surface area contributed by atoms with Crippen LogP contribution in [0.25, 0.3) is 0 Å². The summed E-state index contributed by atoms with van der Waals surface area (Å²) >= 11 is 3.54. The van der Waals surface area contributed by atoms with E-state index in [0.29, 0.717) is 0 Å². The maximum Gasteiger partial charge on any atom is 0.0145 e. The van der Waals surface area contributed by atoms with Crippen molar-refractivity contribution in [3.8, 4) is 0 Å². The Morgan fingerprint density at radius 1 is 1.14 bits per heavy atom. The molecule has 1 saturated carbocycles. The molecule has 0 aliphatic heterocycles. The van der Waals surface area contributed by atoms with E-state index in [1.807, 2.05) is 0 Å². The van der Waals surface area contributed by atoms with Crippen molar-refractivity contribution in [1.29, 1.82) is 0 Å². The van der Waals surface area contributed by atoms with Gasteiger partial charge in [0.1, 0.15) is 0 Å². The molecule has 44 valence electrons. The van der Waals surface area contributed by atoms with Gasteiger partial charge in [-0.15, -0.1) is 0 Å². The first-order valence-electron chi connectivity index (χ1n) is 2.53. The fourth-order valence-corrected chi connectivity index (χ4v) is 1.52. The Morgan fingerprint density at radius 2 is 1.57 bits per heavy atom. The Bertz CT molecular complexity index is 37.4. The van der Waals surface area contributed by atoms with Gasteiger partial charge in [0, 0.05) is 4.83 Å². The normalized spacial score (nSPS) is 21.9. The number of alkyl halides is 1. The SMILES string of the molecule is BrC1CCCC1.C. The molecule has 1 heteroatoms. The highest BCUT2D eigenvalue weighted by atomic mass is 79.9. The standard InChI is InChI=1S/C5H9Br.CH4/c6-5-3-1-2-4-5;/h5H,1-4H2;1H4. The van der Waals surface area contributed by atoms with E-state index in [2.05, 4.69) is 15.9 Å². The summed E-state index contributed by atoms with van der Waals surface area (Å²) in [6, 6.07) is 0. The van der Waals surface area contributed by atoms with E-state index >= 15 is 0 Å². The predicted octanol–water partition coefficient (Wildman–Crippen LogP) is 2.96. The van der Waals surface area contributed by atoms with Crippen molar-refractivity contribution >= 4 is 15.9 Å². The van der Waals surface area contributed by atoms with E-state index in [9.17, 15) is 0 Å². The summed E-state index contributed by atoms with van der Waals surface area (Å²) in [5, 5.41) is 0. The molecule has 0 bridgehead atoms. The van der Waals surface area contributed by atoms with E-state index in [0.717, 1.165) is 4.83 Å². The molecule has 1 aliphatic carbocycles. The molecule has 0 N–H and O–H groups in total. The van der Waals surface area contributed by atoms with Gasteiger partial charge in [-0.3, -0.25) is 0 Å². The minimum absolute atomic E-state index is 0. The van der Waals surface area contributed by atoms with Crippen LogP contribution in [-0.4, -0.2) is 4.83 Å². The van der Waals surface area contributed by atoms with E-state index in [-0.39, 0.29) is 7.43 Å². The van der Waals surface area contributed by atoms with E-state index < -0.39 is 0 Å². The first kappa shape index (κ1) is 7.48. The minimum Gasteiger partial charge on any atom is -0.0891 e. The van der Waals surface area contributed by atoms with Crippen LogP contribution in [-0.2, 0) is 0 Å². The lowest BCUT2D eigenvalue weighted by Gasteiger charge is -1.88. The fraction of sp³-hybridized carbons (Fsp3) is 1.00. The lowest BCUT2D eigenvalue weighted by Crippen LogP contribution is -1.81. The third-order valence-electron chi connectivity index (χ3n) is 1.28. The third-order valence-corrected chi connectivity index (χ3v) is 2.20. The van der Waals surface area contributed by atoms with E-state index in [1.54, 1.807) is 0 Å². The molecule has 0 radical (unpaired) electrons. The van der Waals surface area contributed by atoms with Crippen LogP contribution in [0.3, 0.4) is 0 Å². The molecule has 1 fully saturated rings. The van der Waals surface area contributed by atoms with Crippen LogP contribution < -0.4 is 0 Å². The summed E-state index contributed by atoms with van der Waals surface area (Å²) in [5.41, 5.74) is 0. The molecule has 0 aromatic heterocycles. The smallest absolute Gasteiger partial charge is 0.0145 e. The average Bonchev–Trinajstić information content (AvgIpc) is 1.86. The van der Waals surface area contributed by atoms with Gasteiger partial charge >= 0.3 is 0 Å². The molecule has 0 aromatic rings. The number of halogens is 1. The molecule has 0 amide bonds. The Kier molecular flexibility index (Phi) is 3.72. The molecule has 7 heavy (non-hydrogen) atoms. The topological polar surface area (TPSA) is 0 Å². The van der Waals surface area contributed by atoms with Crippen LogP contribution in [0.2, 0.25) is 0 Å².